The number of rotatable bonds is 4. The first-order chi connectivity index (χ1) is 14.0. The largest absolute Gasteiger partial charge is 0.335 e. The third-order valence-corrected chi connectivity index (χ3v) is 7.11. The molecule has 4 heteroatoms. The summed E-state index contributed by atoms with van der Waals surface area (Å²) < 4.78 is 0. The molecule has 4 rings (SSSR count). The molecule has 0 spiro atoms. The molecule has 2 aliphatic carbocycles. The summed E-state index contributed by atoms with van der Waals surface area (Å²) in [4.78, 5) is 31.6. The number of benzene rings is 1. The van der Waals surface area contributed by atoms with Crippen LogP contribution in [-0.4, -0.2) is 21.8 Å². The van der Waals surface area contributed by atoms with E-state index in [9.17, 15) is 9.59 Å². The van der Waals surface area contributed by atoms with Gasteiger partial charge in [0.1, 0.15) is 0 Å². The molecular formula is C25H34N2O2. The maximum atomic E-state index is 13.5. The summed E-state index contributed by atoms with van der Waals surface area (Å²) in [6, 6.07) is 6.47. The predicted octanol–water partition coefficient (Wildman–Crippen LogP) is 5.39. The van der Waals surface area contributed by atoms with E-state index in [0.717, 1.165) is 66.1 Å². The van der Waals surface area contributed by atoms with Crippen molar-refractivity contribution in [1.82, 2.24) is 9.88 Å². The molecule has 0 saturated heterocycles. The van der Waals surface area contributed by atoms with Crippen LogP contribution in [0.25, 0.3) is 10.9 Å². The number of aromatic amines is 1. The van der Waals surface area contributed by atoms with E-state index < -0.39 is 0 Å². The number of aryl methyl sites for hydroxylation is 2. The Balaban J connectivity index is 1.68. The van der Waals surface area contributed by atoms with Gasteiger partial charge in [-0.05, 0) is 56.7 Å². The fourth-order valence-corrected chi connectivity index (χ4v) is 5.28. The minimum atomic E-state index is -0.0524. The Labute approximate surface area is 173 Å². The van der Waals surface area contributed by atoms with Crippen LogP contribution in [0.2, 0.25) is 0 Å². The highest BCUT2D eigenvalue weighted by Crippen LogP contribution is 2.30. The normalized spacial score (nSPS) is 18.8. The number of carbonyl (C=O) groups excluding carboxylic acids is 1. The molecule has 2 aliphatic rings. The van der Waals surface area contributed by atoms with Crippen LogP contribution >= 0.6 is 0 Å². The van der Waals surface area contributed by atoms with Gasteiger partial charge in [0.05, 0.1) is 12.1 Å². The van der Waals surface area contributed by atoms with Gasteiger partial charge in [0.25, 0.3) is 5.56 Å². The van der Waals surface area contributed by atoms with Crippen molar-refractivity contribution in [2.24, 2.45) is 5.92 Å². The van der Waals surface area contributed by atoms with E-state index in [1.54, 1.807) is 0 Å². The number of aromatic nitrogens is 1. The van der Waals surface area contributed by atoms with Crippen molar-refractivity contribution in [2.45, 2.75) is 90.6 Å². The molecule has 0 radical (unpaired) electrons. The van der Waals surface area contributed by atoms with Gasteiger partial charge in [0.2, 0.25) is 5.91 Å². The number of pyridine rings is 1. The molecule has 156 valence electrons. The van der Waals surface area contributed by atoms with Gasteiger partial charge in [-0.15, -0.1) is 0 Å². The zero-order valence-electron chi connectivity index (χ0n) is 17.9. The van der Waals surface area contributed by atoms with Gasteiger partial charge in [-0.1, -0.05) is 50.7 Å². The van der Waals surface area contributed by atoms with Gasteiger partial charge in [-0.3, -0.25) is 9.59 Å². The zero-order chi connectivity index (χ0) is 20.4. The van der Waals surface area contributed by atoms with Crippen molar-refractivity contribution in [3.8, 4) is 0 Å². The first-order valence-corrected chi connectivity index (χ1v) is 11.5. The van der Waals surface area contributed by atoms with Crippen LogP contribution < -0.4 is 5.56 Å². The zero-order valence-corrected chi connectivity index (χ0v) is 17.9. The van der Waals surface area contributed by atoms with Crippen molar-refractivity contribution < 1.29 is 4.79 Å². The number of nitrogens with zero attached hydrogens (tertiary/aromatic N) is 1. The highest BCUT2D eigenvalue weighted by atomic mass is 16.2. The third-order valence-electron chi connectivity index (χ3n) is 7.11. The molecule has 1 aromatic carbocycles. The quantitative estimate of drug-likeness (QED) is 0.756. The molecule has 2 fully saturated rings. The number of nitrogens with one attached hydrogen (secondary N) is 1. The Morgan fingerprint density at radius 1 is 0.966 bits per heavy atom. The summed E-state index contributed by atoms with van der Waals surface area (Å²) in [5, 5.41) is 1.09. The van der Waals surface area contributed by atoms with Crippen molar-refractivity contribution in [2.75, 3.05) is 0 Å². The lowest BCUT2D eigenvalue weighted by Crippen LogP contribution is -2.45. The second-order valence-corrected chi connectivity index (χ2v) is 9.20. The smallest absolute Gasteiger partial charge is 0.253 e. The number of H-pyrrole nitrogens is 1. The van der Waals surface area contributed by atoms with Crippen LogP contribution in [0.4, 0.5) is 0 Å². The highest BCUT2D eigenvalue weighted by molar-refractivity contribution is 5.85. The lowest BCUT2D eigenvalue weighted by molar-refractivity contribution is -0.140. The van der Waals surface area contributed by atoms with E-state index in [0.29, 0.717) is 6.54 Å². The van der Waals surface area contributed by atoms with Crippen LogP contribution in [-0.2, 0) is 11.3 Å². The molecule has 0 aliphatic heterocycles. The molecule has 29 heavy (non-hydrogen) atoms. The molecule has 2 saturated carbocycles. The molecule has 0 bridgehead atoms. The molecule has 0 unspecified atom stereocenters. The lowest BCUT2D eigenvalue weighted by atomic mass is 9.86. The molecule has 1 heterocycles. The third kappa shape index (κ3) is 4.26. The molecule has 1 aromatic heterocycles. The Kier molecular flexibility index (Phi) is 6.07. The lowest BCUT2D eigenvalue weighted by Gasteiger charge is -2.37. The highest BCUT2D eigenvalue weighted by Gasteiger charge is 2.32. The van der Waals surface area contributed by atoms with Gasteiger partial charge < -0.3 is 9.88 Å². The number of fused-ring (bicyclic) bond motifs is 1. The fourth-order valence-electron chi connectivity index (χ4n) is 5.28. The van der Waals surface area contributed by atoms with Gasteiger partial charge in [-0.25, -0.2) is 0 Å². The summed E-state index contributed by atoms with van der Waals surface area (Å²) in [7, 11) is 0. The SMILES string of the molecule is Cc1ccc(C)c2[nH]c(=O)c(CN(C(=O)C3CCCCC3)C3CCCCC3)cc12. The molecule has 1 N–H and O–H groups in total. The Morgan fingerprint density at radius 2 is 1.59 bits per heavy atom. The van der Waals surface area contributed by atoms with Crippen LogP contribution in [0.5, 0.6) is 0 Å². The van der Waals surface area contributed by atoms with E-state index >= 15 is 0 Å². The topological polar surface area (TPSA) is 53.2 Å². The average molecular weight is 395 g/mol. The first kappa shape index (κ1) is 20.2. The van der Waals surface area contributed by atoms with Crippen LogP contribution in [0.3, 0.4) is 0 Å². The van der Waals surface area contributed by atoms with Crippen molar-refractivity contribution >= 4 is 16.8 Å². The van der Waals surface area contributed by atoms with E-state index in [-0.39, 0.29) is 23.4 Å². The number of carbonyl (C=O) groups is 1. The summed E-state index contributed by atoms with van der Waals surface area (Å²) >= 11 is 0. The Morgan fingerprint density at radius 3 is 2.28 bits per heavy atom. The predicted molar refractivity (Wildman–Crippen MR) is 118 cm³/mol. The van der Waals surface area contributed by atoms with E-state index in [2.05, 4.69) is 22.9 Å². The summed E-state index contributed by atoms with van der Waals surface area (Å²) in [5.41, 5.74) is 3.83. The van der Waals surface area contributed by atoms with E-state index in [1.807, 2.05) is 19.1 Å². The number of amides is 1. The molecular weight excluding hydrogens is 360 g/mol. The van der Waals surface area contributed by atoms with Gasteiger partial charge in [0, 0.05) is 22.9 Å². The summed E-state index contributed by atoms with van der Waals surface area (Å²) in [6.07, 6.45) is 11.4. The van der Waals surface area contributed by atoms with Crippen molar-refractivity contribution in [1.29, 1.82) is 0 Å². The van der Waals surface area contributed by atoms with Gasteiger partial charge in [0.15, 0.2) is 0 Å². The minimum absolute atomic E-state index is 0.0524. The molecule has 4 nitrogen and oxygen atoms in total. The van der Waals surface area contributed by atoms with Crippen LogP contribution in [0, 0.1) is 19.8 Å². The summed E-state index contributed by atoms with van der Waals surface area (Å²) in [6.45, 7) is 4.55. The molecule has 2 aromatic rings. The van der Waals surface area contributed by atoms with Gasteiger partial charge in [-0.2, -0.15) is 0 Å². The molecule has 0 atom stereocenters. The standard InChI is InChI=1S/C25H34N2O2/c1-17-13-14-18(2)23-22(17)15-20(24(28)26-23)16-27(21-11-7-4-8-12-21)25(29)19-9-5-3-6-10-19/h13-15,19,21H,3-12,16H2,1-2H3,(H,26,28). The van der Waals surface area contributed by atoms with Crippen molar-refractivity contribution in [3.05, 3.63) is 45.2 Å². The minimum Gasteiger partial charge on any atom is -0.335 e. The Hall–Kier alpha value is -2.10. The number of hydrogen-bond acceptors (Lipinski definition) is 2. The second kappa shape index (κ2) is 8.73. The maximum absolute atomic E-state index is 13.5. The average Bonchev–Trinajstić information content (AvgIpc) is 2.76. The second-order valence-electron chi connectivity index (χ2n) is 9.20. The number of hydrogen-bond donors (Lipinski definition) is 1. The molecule has 1 amide bonds. The summed E-state index contributed by atoms with van der Waals surface area (Å²) in [5.74, 6) is 0.436. The van der Waals surface area contributed by atoms with E-state index in [4.69, 9.17) is 0 Å². The Bertz CT molecular complexity index is 934. The fraction of sp³-hybridized carbons (Fsp3) is 0.600. The van der Waals surface area contributed by atoms with Crippen LogP contribution in [0.1, 0.15) is 80.9 Å². The van der Waals surface area contributed by atoms with Gasteiger partial charge >= 0.3 is 0 Å². The maximum Gasteiger partial charge on any atom is 0.253 e. The monoisotopic (exact) mass is 394 g/mol. The van der Waals surface area contributed by atoms with Crippen molar-refractivity contribution in [3.63, 3.8) is 0 Å². The van der Waals surface area contributed by atoms with E-state index in [1.165, 1.54) is 25.7 Å². The van der Waals surface area contributed by atoms with Crippen LogP contribution in [0.15, 0.2) is 23.0 Å². The first-order valence-electron chi connectivity index (χ1n) is 11.5.